The van der Waals surface area contributed by atoms with Crippen molar-refractivity contribution in [2.75, 3.05) is 13.1 Å². The molecule has 26 heavy (non-hydrogen) atoms. The number of nitrogens with zero attached hydrogens (tertiary/aromatic N) is 1. The molecule has 1 aliphatic heterocycles. The predicted octanol–water partition coefficient (Wildman–Crippen LogP) is 3.78. The first-order valence-corrected chi connectivity index (χ1v) is 9.96. The van der Waals surface area contributed by atoms with E-state index in [1.807, 2.05) is 42.2 Å². The molecule has 1 aliphatic carbocycles. The smallest absolute Gasteiger partial charge is 0.246 e. The first-order valence-electron chi connectivity index (χ1n) is 9.96. The molecular formula is C22H30N2O2. The highest BCUT2D eigenvalue weighted by Gasteiger charge is 2.29. The maximum atomic E-state index is 12.7. The molecule has 2 fully saturated rings. The van der Waals surface area contributed by atoms with Crippen molar-refractivity contribution in [3.8, 4) is 0 Å². The summed E-state index contributed by atoms with van der Waals surface area (Å²) >= 11 is 0. The maximum absolute atomic E-state index is 12.7. The number of hydrogen-bond acceptors (Lipinski definition) is 2. The largest absolute Gasteiger partial charge is 0.353 e. The predicted molar refractivity (Wildman–Crippen MR) is 104 cm³/mol. The standard InChI is InChI=1S/C22H30N2O2/c1-17(18-9-4-2-5-10-18)15-21(25)24-14-8-11-19(16-24)22(26)23-20-12-6-3-7-13-20/h2,4-5,9-10,15,19-20H,3,6-8,11-14,16H2,1H3,(H,23,26)/b17-15-. The minimum atomic E-state index is -0.0694. The van der Waals surface area contributed by atoms with Crippen molar-refractivity contribution in [1.29, 1.82) is 0 Å². The zero-order valence-electron chi connectivity index (χ0n) is 15.7. The Morgan fingerprint density at radius 2 is 1.77 bits per heavy atom. The van der Waals surface area contributed by atoms with Crippen LogP contribution in [-0.2, 0) is 9.59 Å². The van der Waals surface area contributed by atoms with E-state index >= 15 is 0 Å². The third kappa shape index (κ3) is 4.96. The second-order valence-electron chi connectivity index (χ2n) is 7.66. The summed E-state index contributed by atoms with van der Waals surface area (Å²) in [7, 11) is 0. The Morgan fingerprint density at radius 3 is 2.50 bits per heavy atom. The van der Waals surface area contributed by atoms with Gasteiger partial charge in [0.25, 0.3) is 0 Å². The van der Waals surface area contributed by atoms with Gasteiger partial charge in [-0.1, -0.05) is 49.6 Å². The number of rotatable bonds is 4. The molecule has 1 saturated carbocycles. The second kappa shape index (κ2) is 9.02. The van der Waals surface area contributed by atoms with Gasteiger partial charge in [-0.05, 0) is 43.7 Å². The molecule has 1 heterocycles. The molecule has 0 spiro atoms. The molecular weight excluding hydrogens is 324 g/mol. The third-order valence-electron chi connectivity index (χ3n) is 5.62. The van der Waals surface area contributed by atoms with Crippen molar-refractivity contribution < 1.29 is 9.59 Å². The molecule has 1 aromatic carbocycles. The fraction of sp³-hybridized carbons (Fsp3) is 0.545. The molecule has 0 bridgehead atoms. The van der Waals surface area contributed by atoms with Crippen LogP contribution in [0.25, 0.3) is 5.57 Å². The summed E-state index contributed by atoms with van der Waals surface area (Å²) in [5.74, 6) is 0.0831. The first kappa shape index (κ1) is 18.7. The number of piperidine rings is 1. The quantitative estimate of drug-likeness (QED) is 0.837. The number of amides is 2. The molecule has 140 valence electrons. The summed E-state index contributed by atoms with van der Waals surface area (Å²) in [6.07, 6.45) is 9.38. The lowest BCUT2D eigenvalue weighted by molar-refractivity contribution is -0.132. The van der Waals surface area contributed by atoms with Crippen LogP contribution < -0.4 is 5.32 Å². The van der Waals surface area contributed by atoms with Crippen LogP contribution in [0.15, 0.2) is 36.4 Å². The van der Waals surface area contributed by atoms with E-state index in [-0.39, 0.29) is 17.7 Å². The maximum Gasteiger partial charge on any atom is 0.246 e. The van der Waals surface area contributed by atoms with Gasteiger partial charge in [0.15, 0.2) is 0 Å². The Morgan fingerprint density at radius 1 is 1.04 bits per heavy atom. The molecule has 4 heteroatoms. The van der Waals surface area contributed by atoms with Gasteiger partial charge in [-0.25, -0.2) is 0 Å². The lowest BCUT2D eigenvalue weighted by atomic mass is 9.93. The first-order chi connectivity index (χ1) is 12.6. The average Bonchev–Trinajstić information content (AvgIpc) is 2.69. The number of nitrogens with one attached hydrogen (secondary N) is 1. The van der Waals surface area contributed by atoms with Crippen LogP contribution in [-0.4, -0.2) is 35.8 Å². The van der Waals surface area contributed by atoms with Crippen molar-refractivity contribution >= 4 is 17.4 Å². The lowest BCUT2D eigenvalue weighted by Gasteiger charge is -2.33. The number of carbonyl (C=O) groups excluding carboxylic acids is 2. The van der Waals surface area contributed by atoms with Gasteiger partial charge in [0.2, 0.25) is 11.8 Å². The molecule has 1 aromatic rings. The fourth-order valence-corrected chi connectivity index (χ4v) is 4.02. The van der Waals surface area contributed by atoms with Crippen LogP contribution in [0.3, 0.4) is 0 Å². The van der Waals surface area contributed by atoms with Crippen molar-refractivity contribution in [2.45, 2.75) is 57.9 Å². The molecule has 1 unspecified atom stereocenters. The second-order valence-corrected chi connectivity index (χ2v) is 7.66. The van der Waals surface area contributed by atoms with Crippen LogP contribution in [0.1, 0.15) is 57.4 Å². The number of carbonyl (C=O) groups is 2. The minimum Gasteiger partial charge on any atom is -0.353 e. The van der Waals surface area contributed by atoms with Gasteiger partial charge in [0, 0.05) is 25.2 Å². The molecule has 0 aromatic heterocycles. The number of benzene rings is 1. The van der Waals surface area contributed by atoms with Crippen molar-refractivity contribution in [1.82, 2.24) is 10.2 Å². The highest BCUT2D eigenvalue weighted by atomic mass is 16.2. The van der Waals surface area contributed by atoms with Crippen molar-refractivity contribution in [3.63, 3.8) is 0 Å². The van der Waals surface area contributed by atoms with Crippen LogP contribution in [0, 0.1) is 5.92 Å². The minimum absolute atomic E-state index is 0.0153. The summed E-state index contributed by atoms with van der Waals surface area (Å²) in [5.41, 5.74) is 2.02. The summed E-state index contributed by atoms with van der Waals surface area (Å²) < 4.78 is 0. The lowest BCUT2D eigenvalue weighted by Crippen LogP contribution is -2.47. The molecule has 2 amide bonds. The average molecular weight is 354 g/mol. The summed E-state index contributed by atoms with van der Waals surface area (Å²) in [6, 6.07) is 10.3. The van der Waals surface area contributed by atoms with E-state index in [0.29, 0.717) is 12.6 Å². The van der Waals surface area contributed by atoms with Crippen LogP contribution in [0.4, 0.5) is 0 Å². The Balaban J connectivity index is 1.57. The highest BCUT2D eigenvalue weighted by Crippen LogP contribution is 2.21. The Kier molecular flexibility index (Phi) is 6.48. The Bertz CT molecular complexity index is 647. The SMILES string of the molecule is C/C(=C/C(=O)N1CCCC(C(=O)NC2CCCCC2)C1)c1ccccc1. The summed E-state index contributed by atoms with van der Waals surface area (Å²) in [5, 5.41) is 3.22. The van der Waals surface area contributed by atoms with E-state index in [4.69, 9.17) is 0 Å². The van der Waals surface area contributed by atoms with E-state index in [0.717, 1.165) is 43.4 Å². The van der Waals surface area contributed by atoms with Crippen LogP contribution >= 0.6 is 0 Å². The zero-order chi connectivity index (χ0) is 18.4. The van der Waals surface area contributed by atoms with E-state index in [1.54, 1.807) is 6.08 Å². The van der Waals surface area contributed by atoms with Gasteiger partial charge in [-0.3, -0.25) is 9.59 Å². The molecule has 4 nitrogen and oxygen atoms in total. The summed E-state index contributed by atoms with van der Waals surface area (Å²) in [4.78, 5) is 27.1. The van der Waals surface area contributed by atoms with E-state index in [1.165, 1.54) is 19.3 Å². The van der Waals surface area contributed by atoms with Crippen LogP contribution in [0.2, 0.25) is 0 Å². The van der Waals surface area contributed by atoms with E-state index < -0.39 is 0 Å². The van der Waals surface area contributed by atoms with E-state index in [9.17, 15) is 9.59 Å². The van der Waals surface area contributed by atoms with E-state index in [2.05, 4.69) is 5.32 Å². The van der Waals surface area contributed by atoms with Crippen molar-refractivity contribution in [2.24, 2.45) is 5.92 Å². The van der Waals surface area contributed by atoms with Gasteiger partial charge in [0.05, 0.1) is 5.92 Å². The molecule has 1 atom stereocenters. The number of allylic oxidation sites excluding steroid dienone is 1. The zero-order valence-corrected chi connectivity index (χ0v) is 15.7. The van der Waals surface area contributed by atoms with Gasteiger partial charge in [-0.2, -0.15) is 0 Å². The van der Waals surface area contributed by atoms with Crippen LogP contribution in [0.5, 0.6) is 0 Å². The molecule has 1 saturated heterocycles. The number of likely N-dealkylation sites (tertiary alicyclic amines) is 1. The molecule has 0 radical (unpaired) electrons. The molecule has 3 rings (SSSR count). The third-order valence-corrected chi connectivity index (χ3v) is 5.62. The fourth-order valence-electron chi connectivity index (χ4n) is 4.02. The topological polar surface area (TPSA) is 49.4 Å². The Labute approximate surface area is 156 Å². The highest BCUT2D eigenvalue weighted by molar-refractivity contribution is 5.95. The van der Waals surface area contributed by atoms with Gasteiger partial charge >= 0.3 is 0 Å². The summed E-state index contributed by atoms with van der Waals surface area (Å²) in [6.45, 7) is 3.24. The van der Waals surface area contributed by atoms with Gasteiger partial charge < -0.3 is 10.2 Å². The number of hydrogen-bond donors (Lipinski definition) is 1. The van der Waals surface area contributed by atoms with Crippen molar-refractivity contribution in [3.05, 3.63) is 42.0 Å². The monoisotopic (exact) mass is 354 g/mol. The van der Waals surface area contributed by atoms with Gasteiger partial charge in [0.1, 0.15) is 0 Å². The molecule has 2 aliphatic rings. The van der Waals surface area contributed by atoms with Gasteiger partial charge in [-0.15, -0.1) is 0 Å². The molecule has 1 N–H and O–H groups in total. The normalized spacial score (nSPS) is 22.1. The Hall–Kier alpha value is -2.10.